The van der Waals surface area contributed by atoms with Crippen LogP contribution in [0.5, 0.6) is 5.75 Å². The highest BCUT2D eigenvalue weighted by molar-refractivity contribution is 6.00. The molecule has 0 unspecified atom stereocenters. The first-order valence-electron chi connectivity index (χ1n) is 8.56. The Morgan fingerprint density at radius 2 is 2.00 bits per heavy atom. The summed E-state index contributed by atoms with van der Waals surface area (Å²) in [5.74, 6) is 0.167. The molecule has 0 saturated carbocycles. The van der Waals surface area contributed by atoms with Crippen molar-refractivity contribution in [2.45, 2.75) is 38.7 Å². The summed E-state index contributed by atoms with van der Waals surface area (Å²) in [6, 6.07) is 15.1. The van der Waals surface area contributed by atoms with Gasteiger partial charge in [0.05, 0.1) is 11.6 Å². The van der Waals surface area contributed by atoms with Crippen molar-refractivity contribution in [3.63, 3.8) is 0 Å². The van der Waals surface area contributed by atoms with E-state index in [4.69, 9.17) is 4.74 Å². The van der Waals surface area contributed by atoms with E-state index in [-0.39, 0.29) is 17.7 Å². The lowest BCUT2D eigenvalue weighted by atomic mass is 9.93. The quantitative estimate of drug-likeness (QED) is 0.868. The largest absolute Gasteiger partial charge is 0.479 e. The van der Waals surface area contributed by atoms with Gasteiger partial charge in [0.25, 0.3) is 5.91 Å². The zero-order chi connectivity index (χ0) is 17.8. The fourth-order valence-corrected chi connectivity index (χ4v) is 2.94. The van der Waals surface area contributed by atoms with E-state index in [1.54, 1.807) is 25.1 Å². The molecule has 2 amide bonds. The fraction of sp³-hybridized carbons (Fsp3) is 0.300. The molecule has 0 bridgehead atoms. The fourth-order valence-electron chi connectivity index (χ4n) is 2.94. The molecule has 0 spiro atoms. The van der Waals surface area contributed by atoms with E-state index in [0.717, 1.165) is 18.4 Å². The van der Waals surface area contributed by atoms with E-state index >= 15 is 0 Å². The summed E-state index contributed by atoms with van der Waals surface area (Å²) in [4.78, 5) is 24.5. The molecular weight excluding hydrogens is 316 g/mol. The first-order chi connectivity index (χ1) is 12.1. The van der Waals surface area contributed by atoms with Gasteiger partial charge in [-0.1, -0.05) is 43.7 Å². The minimum Gasteiger partial charge on any atom is -0.479 e. The maximum absolute atomic E-state index is 12.8. The number of rotatable bonds is 5. The second kappa shape index (κ2) is 7.38. The van der Waals surface area contributed by atoms with Gasteiger partial charge in [-0.15, -0.1) is 0 Å². The van der Waals surface area contributed by atoms with Crippen LogP contribution in [-0.4, -0.2) is 17.9 Å². The summed E-state index contributed by atoms with van der Waals surface area (Å²) in [5.41, 5.74) is 2.22. The first kappa shape index (κ1) is 17.0. The topological polar surface area (TPSA) is 67.4 Å². The minimum absolute atomic E-state index is 0.0515. The van der Waals surface area contributed by atoms with Gasteiger partial charge in [-0.3, -0.25) is 9.59 Å². The molecule has 130 valence electrons. The summed E-state index contributed by atoms with van der Waals surface area (Å²) < 4.78 is 5.53. The van der Waals surface area contributed by atoms with Gasteiger partial charge in [-0.25, -0.2) is 0 Å². The Kier molecular flexibility index (Phi) is 5.03. The van der Waals surface area contributed by atoms with E-state index in [1.165, 1.54) is 0 Å². The molecule has 0 aromatic heterocycles. The predicted octanol–water partition coefficient (Wildman–Crippen LogP) is 3.93. The maximum atomic E-state index is 12.8. The third kappa shape index (κ3) is 3.82. The van der Waals surface area contributed by atoms with E-state index in [1.807, 2.05) is 30.3 Å². The lowest BCUT2D eigenvalue weighted by Gasteiger charge is -2.24. The molecule has 2 N–H and O–H groups in total. The van der Waals surface area contributed by atoms with E-state index in [9.17, 15) is 9.59 Å². The molecule has 1 aliphatic heterocycles. The van der Waals surface area contributed by atoms with Gasteiger partial charge in [0.1, 0.15) is 5.75 Å². The third-order valence-corrected chi connectivity index (χ3v) is 4.27. The number of benzene rings is 2. The molecule has 5 nitrogen and oxygen atoms in total. The van der Waals surface area contributed by atoms with Crippen LogP contribution in [-0.2, 0) is 9.59 Å². The number of fused-ring (bicyclic) bond motifs is 1. The average molecular weight is 338 g/mol. The molecule has 1 aliphatic rings. The number of carbonyl (C=O) groups excluding carboxylic acids is 2. The molecule has 25 heavy (non-hydrogen) atoms. The van der Waals surface area contributed by atoms with Gasteiger partial charge < -0.3 is 15.4 Å². The van der Waals surface area contributed by atoms with Crippen molar-refractivity contribution in [1.82, 2.24) is 0 Å². The summed E-state index contributed by atoms with van der Waals surface area (Å²) in [6.07, 6.45) is 1.18. The Labute approximate surface area is 147 Å². The Bertz CT molecular complexity index is 774. The van der Waals surface area contributed by atoms with Crippen molar-refractivity contribution in [1.29, 1.82) is 0 Å². The second-order valence-electron chi connectivity index (χ2n) is 6.20. The van der Waals surface area contributed by atoms with Crippen LogP contribution < -0.4 is 15.4 Å². The molecule has 0 radical (unpaired) electrons. The first-order valence-corrected chi connectivity index (χ1v) is 8.56. The monoisotopic (exact) mass is 338 g/mol. The van der Waals surface area contributed by atoms with Gasteiger partial charge in [0.2, 0.25) is 5.91 Å². The number of amides is 2. The minimum atomic E-state index is -0.514. The van der Waals surface area contributed by atoms with E-state index in [0.29, 0.717) is 17.1 Å². The van der Waals surface area contributed by atoms with Gasteiger partial charge in [0, 0.05) is 5.69 Å². The lowest BCUT2D eigenvalue weighted by molar-refractivity contribution is -0.122. The molecule has 0 saturated heterocycles. The standard InChI is InChI=1S/C20H22N2O3/c1-3-7-16(14-8-5-4-6-9-14)20(24)21-15-10-11-18-17(12-15)22-19(23)13(2)25-18/h4-6,8-13,16H,3,7H2,1-2H3,(H,21,24)(H,22,23)/t13-,16+/m0/s1. The molecule has 1 heterocycles. The highest BCUT2D eigenvalue weighted by Crippen LogP contribution is 2.33. The zero-order valence-corrected chi connectivity index (χ0v) is 14.4. The second-order valence-corrected chi connectivity index (χ2v) is 6.20. The van der Waals surface area contributed by atoms with Crippen LogP contribution >= 0.6 is 0 Å². The van der Waals surface area contributed by atoms with Crippen LogP contribution in [0.2, 0.25) is 0 Å². The number of anilines is 2. The number of hydrogen-bond donors (Lipinski definition) is 2. The van der Waals surface area contributed by atoms with E-state index in [2.05, 4.69) is 17.6 Å². The third-order valence-electron chi connectivity index (χ3n) is 4.27. The zero-order valence-electron chi connectivity index (χ0n) is 14.4. The Morgan fingerprint density at radius 1 is 1.24 bits per heavy atom. The van der Waals surface area contributed by atoms with Crippen LogP contribution in [0.3, 0.4) is 0 Å². The summed E-state index contributed by atoms with van der Waals surface area (Å²) in [6.45, 7) is 3.76. The van der Waals surface area contributed by atoms with Crippen LogP contribution in [0.15, 0.2) is 48.5 Å². The number of nitrogens with one attached hydrogen (secondary N) is 2. The molecule has 0 fully saturated rings. The molecule has 0 aliphatic carbocycles. The van der Waals surface area contributed by atoms with Crippen molar-refractivity contribution >= 4 is 23.2 Å². The molecule has 3 rings (SSSR count). The van der Waals surface area contributed by atoms with E-state index < -0.39 is 6.10 Å². The summed E-state index contributed by atoms with van der Waals surface area (Å²) in [5, 5.41) is 5.75. The number of carbonyl (C=O) groups is 2. The predicted molar refractivity (Wildman–Crippen MR) is 97.9 cm³/mol. The lowest BCUT2D eigenvalue weighted by Crippen LogP contribution is -2.34. The van der Waals surface area contributed by atoms with Gasteiger partial charge >= 0.3 is 0 Å². The molecular formula is C20H22N2O3. The van der Waals surface area contributed by atoms with Crippen LogP contribution in [0, 0.1) is 0 Å². The average Bonchev–Trinajstić information content (AvgIpc) is 2.61. The summed E-state index contributed by atoms with van der Waals surface area (Å²) >= 11 is 0. The molecule has 2 aromatic rings. The van der Waals surface area contributed by atoms with Crippen LogP contribution in [0.4, 0.5) is 11.4 Å². The summed E-state index contributed by atoms with van der Waals surface area (Å²) in [7, 11) is 0. The van der Waals surface area contributed by atoms with Gasteiger partial charge in [0.15, 0.2) is 6.10 Å². The number of hydrogen-bond acceptors (Lipinski definition) is 3. The SMILES string of the molecule is CCC[C@@H](C(=O)Nc1ccc2c(c1)NC(=O)[C@H](C)O2)c1ccccc1. The normalized spacial score (nSPS) is 17.0. The van der Waals surface area contributed by atoms with Crippen LogP contribution in [0.25, 0.3) is 0 Å². The molecule has 5 heteroatoms. The van der Waals surface area contributed by atoms with Crippen molar-refractivity contribution in [2.75, 3.05) is 10.6 Å². The maximum Gasteiger partial charge on any atom is 0.265 e. The van der Waals surface area contributed by atoms with Crippen molar-refractivity contribution in [3.8, 4) is 5.75 Å². The molecule has 2 aromatic carbocycles. The van der Waals surface area contributed by atoms with Crippen LogP contribution in [0.1, 0.15) is 38.2 Å². The van der Waals surface area contributed by atoms with Gasteiger partial charge in [-0.05, 0) is 37.1 Å². The van der Waals surface area contributed by atoms with Crippen molar-refractivity contribution in [2.24, 2.45) is 0 Å². The Morgan fingerprint density at radius 3 is 2.72 bits per heavy atom. The van der Waals surface area contributed by atoms with Gasteiger partial charge in [-0.2, -0.15) is 0 Å². The smallest absolute Gasteiger partial charge is 0.265 e. The van der Waals surface area contributed by atoms with Crippen molar-refractivity contribution < 1.29 is 14.3 Å². The van der Waals surface area contributed by atoms with Crippen molar-refractivity contribution in [3.05, 3.63) is 54.1 Å². The Hall–Kier alpha value is -2.82. The number of ether oxygens (including phenoxy) is 1. The molecule has 2 atom stereocenters. The highest BCUT2D eigenvalue weighted by atomic mass is 16.5. The highest BCUT2D eigenvalue weighted by Gasteiger charge is 2.24. The Balaban J connectivity index is 1.78.